The van der Waals surface area contributed by atoms with E-state index < -0.39 is 23.8 Å². The van der Waals surface area contributed by atoms with E-state index in [9.17, 15) is 13.6 Å². The van der Waals surface area contributed by atoms with Crippen molar-refractivity contribution in [2.24, 2.45) is 0 Å². The lowest BCUT2D eigenvalue weighted by molar-refractivity contribution is -0.0542. The van der Waals surface area contributed by atoms with Gasteiger partial charge in [0.05, 0.1) is 18.0 Å². The average molecular weight is 314 g/mol. The van der Waals surface area contributed by atoms with Crippen molar-refractivity contribution in [3.8, 4) is 23.4 Å². The summed E-state index contributed by atoms with van der Waals surface area (Å²) in [5.41, 5.74) is -0.645. The maximum atomic E-state index is 12.3. The molecule has 0 aliphatic rings. The number of nitrogens with zero attached hydrogens (tertiary/aromatic N) is 2. The van der Waals surface area contributed by atoms with Crippen LogP contribution < -0.4 is 15.0 Å². The minimum Gasteiger partial charge on any atom is -0.446 e. The number of rotatable bonds is 4. The molecule has 21 heavy (non-hydrogen) atoms. The molecule has 2 aromatic rings. The van der Waals surface area contributed by atoms with Gasteiger partial charge in [-0.15, -0.1) is 0 Å². The van der Waals surface area contributed by atoms with Crippen LogP contribution in [0.15, 0.2) is 29.3 Å². The molecule has 0 unspecified atom stereocenters. The fourth-order valence-electron chi connectivity index (χ4n) is 1.43. The zero-order valence-electron chi connectivity index (χ0n) is 10.1. The molecule has 0 bridgehead atoms. The molecule has 1 heterocycles. The Morgan fingerprint density at radius 2 is 2.14 bits per heavy atom. The van der Waals surface area contributed by atoms with Crippen molar-refractivity contribution in [2.45, 2.75) is 6.61 Å². The summed E-state index contributed by atoms with van der Waals surface area (Å²) in [6.45, 7) is -3.17. The second kappa shape index (κ2) is 6.19. The smallest absolute Gasteiger partial charge is 0.388 e. The number of ether oxygens (including phenoxy) is 2. The predicted molar refractivity (Wildman–Crippen MR) is 67.7 cm³/mol. The fraction of sp³-hybridized carbons (Fsp3) is 0.0833. The van der Waals surface area contributed by atoms with Crippen molar-refractivity contribution in [3.05, 3.63) is 45.5 Å². The van der Waals surface area contributed by atoms with E-state index in [4.69, 9.17) is 21.6 Å². The number of nitrogens with one attached hydrogen (secondary N) is 1. The van der Waals surface area contributed by atoms with Crippen LogP contribution in [0, 0.1) is 11.3 Å². The third kappa shape index (κ3) is 3.67. The molecule has 1 N–H and O–H groups in total. The Labute approximate surface area is 121 Å². The maximum absolute atomic E-state index is 12.3. The Hall–Kier alpha value is -2.66. The van der Waals surface area contributed by atoms with Crippen LogP contribution in [0.5, 0.6) is 17.4 Å². The third-order valence-corrected chi connectivity index (χ3v) is 2.42. The summed E-state index contributed by atoms with van der Waals surface area (Å²) in [6, 6.07) is 5.80. The Morgan fingerprint density at radius 1 is 1.38 bits per heavy atom. The van der Waals surface area contributed by atoms with Crippen LogP contribution in [0.2, 0.25) is 5.02 Å². The summed E-state index contributed by atoms with van der Waals surface area (Å²) in [5, 5.41) is 8.99. The molecule has 0 aliphatic heterocycles. The van der Waals surface area contributed by atoms with E-state index in [2.05, 4.69) is 14.7 Å². The van der Waals surface area contributed by atoms with Gasteiger partial charge in [0.25, 0.3) is 17.2 Å². The van der Waals surface area contributed by atoms with E-state index >= 15 is 0 Å². The molecule has 1 aromatic heterocycles. The van der Waals surface area contributed by atoms with Crippen LogP contribution in [-0.2, 0) is 0 Å². The van der Waals surface area contributed by atoms with Crippen molar-refractivity contribution in [3.63, 3.8) is 0 Å². The van der Waals surface area contributed by atoms with Gasteiger partial charge in [0.15, 0.2) is 0 Å². The van der Waals surface area contributed by atoms with Gasteiger partial charge in [0, 0.05) is 5.02 Å². The van der Waals surface area contributed by atoms with E-state index in [1.54, 1.807) is 0 Å². The summed E-state index contributed by atoms with van der Waals surface area (Å²) in [4.78, 5) is 17.2. The van der Waals surface area contributed by atoms with E-state index in [0.717, 1.165) is 6.33 Å². The fourth-order valence-corrected chi connectivity index (χ4v) is 1.66. The van der Waals surface area contributed by atoms with Crippen LogP contribution in [0.25, 0.3) is 0 Å². The number of alkyl halides is 2. The molecule has 0 aliphatic carbocycles. The Morgan fingerprint density at radius 3 is 2.81 bits per heavy atom. The van der Waals surface area contributed by atoms with Gasteiger partial charge in [-0.2, -0.15) is 14.0 Å². The number of aromatic nitrogens is 2. The summed E-state index contributed by atoms with van der Waals surface area (Å²) in [5.74, 6) is -1.23. The Bertz CT molecular complexity index is 758. The van der Waals surface area contributed by atoms with Crippen molar-refractivity contribution in [1.82, 2.24) is 9.97 Å². The van der Waals surface area contributed by atoms with Crippen molar-refractivity contribution >= 4 is 11.6 Å². The van der Waals surface area contributed by atoms with Gasteiger partial charge >= 0.3 is 6.61 Å². The number of hydrogen-bond donors (Lipinski definition) is 1. The van der Waals surface area contributed by atoms with Crippen LogP contribution >= 0.6 is 11.6 Å². The molecule has 0 amide bonds. The van der Waals surface area contributed by atoms with Gasteiger partial charge in [0.1, 0.15) is 5.75 Å². The highest BCUT2D eigenvalue weighted by Crippen LogP contribution is 2.29. The van der Waals surface area contributed by atoms with E-state index in [0.29, 0.717) is 0 Å². The molecule has 9 heteroatoms. The summed E-state index contributed by atoms with van der Waals surface area (Å²) in [6.07, 6.45) is 0.894. The number of nitriles is 1. The first-order chi connectivity index (χ1) is 9.99. The van der Waals surface area contributed by atoms with Gasteiger partial charge in [-0.3, -0.25) is 4.79 Å². The van der Waals surface area contributed by atoms with Crippen LogP contribution in [0.1, 0.15) is 5.56 Å². The molecule has 108 valence electrons. The normalized spacial score (nSPS) is 10.2. The zero-order valence-corrected chi connectivity index (χ0v) is 10.9. The van der Waals surface area contributed by atoms with Gasteiger partial charge in [-0.05, 0) is 18.2 Å². The lowest BCUT2D eigenvalue weighted by Gasteiger charge is -2.09. The standard InChI is InChI=1S/C12H6ClF2N3O3/c13-7-1-6(4-16)2-8(3-7)20-9-10(19)17-5-18-11(9)21-12(14)15/h1-3,5,12H,(H,17,18,19). The highest BCUT2D eigenvalue weighted by molar-refractivity contribution is 6.30. The number of hydrogen-bond acceptors (Lipinski definition) is 5. The largest absolute Gasteiger partial charge is 0.446 e. The van der Waals surface area contributed by atoms with Gasteiger partial charge < -0.3 is 14.5 Å². The van der Waals surface area contributed by atoms with Gasteiger partial charge in [-0.25, -0.2) is 4.98 Å². The van der Waals surface area contributed by atoms with Crippen LogP contribution in [0.3, 0.4) is 0 Å². The van der Waals surface area contributed by atoms with E-state index in [1.165, 1.54) is 18.2 Å². The molecule has 2 rings (SSSR count). The summed E-state index contributed by atoms with van der Waals surface area (Å²) in [7, 11) is 0. The number of H-pyrrole nitrogens is 1. The van der Waals surface area contributed by atoms with Gasteiger partial charge in [0.2, 0.25) is 0 Å². The molecule has 0 fully saturated rings. The van der Waals surface area contributed by atoms with Crippen molar-refractivity contribution in [1.29, 1.82) is 5.26 Å². The Balaban J connectivity index is 2.42. The molecular formula is C12H6ClF2N3O3. The molecule has 1 aromatic carbocycles. The molecule has 0 spiro atoms. The lowest BCUT2D eigenvalue weighted by atomic mass is 10.2. The molecule has 0 saturated carbocycles. The molecule has 6 nitrogen and oxygen atoms in total. The molecule has 0 atom stereocenters. The second-order valence-electron chi connectivity index (χ2n) is 3.63. The molecule has 0 radical (unpaired) electrons. The molecule has 0 saturated heterocycles. The monoisotopic (exact) mass is 313 g/mol. The van der Waals surface area contributed by atoms with E-state index in [-0.39, 0.29) is 16.3 Å². The van der Waals surface area contributed by atoms with Crippen LogP contribution in [-0.4, -0.2) is 16.6 Å². The van der Waals surface area contributed by atoms with Crippen molar-refractivity contribution in [2.75, 3.05) is 0 Å². The van der Waals surface area contributed by atoms with Gasteiger partial charge in [-0.1, -0.05) is 11.6 Å². The second-order valence-corrected chi connectivity index (χ2v) is 4.07. The number of benzene rings is 1. The number of halogens is 3. The average Bonchev–Trinajstić information content (AvgIpc) is 2.41. The first-order valence-corrected chi connectivity index (χ1v) is 5.78. The summed E-state index contributed by atoms with van der Waals surface area (Å²) >= 11 is 5.77. The van der Waals surface area contributed by atoms with E-state index in [1.807, 2.05) is 6.07 Å². The first kappa shape index (κ1) is 14.7. The lowest BCUT2D eigenvalue weighted by Crippen LogP contribution is -2.14. The minimum atomic E-state index is -3.17. The maximum Gasteiger partial charge on any atom is 0.388 e. The SMILES string of the molecule is N#Cc1cc(Cl)cc(Oc2c(OC(F)F)nc[nH]c2=O)c1. The summed E-state index contributed by atoms with van der Waals surface area (Å²) < 4.78 is 33.8. The highest BCUT2D eigenvalue weighted by Gasteiger charge is 2.17. The topological polar surface area (TPSA) is 88.0 Å². The first-order valence-electron chi connectivity index (χ1n) is 5.40. The third-order valence-electron chi connectivity index (χ3n) is 2.20. The minimum absolute atomic E-state index is 0.0108. The van der Waals surface area contributed by atoms with Crippen LogP contribution in [0.4, 0.5) is 8.78 Å². The molecular weight excluding hydrogens is 308 g/mol. The Kier molecular flexibility index (Phi) is 4.35. The quantitative estimate of drug-likeness (QED) is 0.937. The predicted octanol–water partition coefficient (Wildman–Crippen LogP) is 2.69. The van der Waals surface area contributed by atoms with Crippen molar-refractivity contribution < 1.29 is 18.3 Å². The zero-order chi connectivity index (χ0) is 15.4. The number of aromatic amines is 1. The highest BCUT2D eigenvalue weighted by atomic mass is 35.5.